The van der Waals surface area contributed by atoms with Crippen molar-refractivity contribution in [1.29, 1.82) is 0 Å². The smallest absolute Gasteiger partial charge is 0.125 e. The Morgan fingerprint density at radius 3 is 2.93 bits per heavy atom. The van der Waals surface area contributed by atoms with Crippen molar-refractivity contribution in [2.24, 2.45) is 16.1 Å². The van der Waals surface area contributed by atoms with Gasteiger partial charge < -0.3 is 10.6 Å². The van der Waals surface area contributed by atoms with Gasteiger partial charge in [-0.3, -0.25) is 0 Å². The number of aliphatic imine (C=N–C) groups is 1. The highest BCUT2D eigenvalue weighted by atomic mass is 15.2. The molecule has 2 fully saturated rings. The quantitative estimate of drug-likeness (QED) is 0.703. The van der Waals surface area contributed by atoms with Crippen LogP contribution in [0.25, 0.3) is 0 Å². The highest BCUT2D eigenvalue weighted by molar-refractivity contribution is 5.92. The summed E-state index contributed by atoms with van der Waals surface area (Å²) >= 11 is 0. The normalized spacial score (nSPS) is 27.6. The predicted molar refractivity (Wildman–Crippen MR) is 61.3 cm³/mol. The number of likely N-dealkylation sites (tertiary alicyclic amines) is 1. The standard InChI is InChI=1S/C12H17N3/c13-11-8-10(2-1-6-14-11)15-7-5-12(9-15)3-4-12/h1,6,8H,2-5,7,9H2,(H2,13,14). The van der Waals surface area contributed by atoms with Gasteiger partial charge in [0.1, 0.15) is 5.84 Å². The monoisotopic (exact) mass is 203 g/mol. The summed E-state index contributed by atoms with van der Waals surface area (Å²) in [5.74, 6) is 0.635. The Morgan fingerprint density at radius 1 is 1.33 bits per heavy atom. The van der Waals surface area contributed by atoms with Crippen LogP contribution in [0.15, 0.2) is 29.0 Å². The molecule has 0 amide bonds. The fourth-order valence-electron chi connectivity index (χ4n) is 2.56. The lowest BCUT2D eigenvalue weighted by atomic mass is 10.1. The first-order valence-corrected chi connectivity index (χ1v) is 5.71. The molecule has 1 aliphatic carbocycles. The largest absolute Gasteiger partial charge is 0.384 e. The first kappa shape index (κ1) is 9.01. The summed E-state index contributed by atoms with van der Waals surface area (Å²) < 4.78 is 0. The highest BCUT2D eigenvalue weighted by Gasteiger charge is 2.47. The van der Waals surface area contributed by atoms with Crippen molar-refractivity contribution in [3.05, 3.63) is 24.0 Å². The van der Waals surface area contributed by atoms with Crippen molar-refractivity contribution in [1.82, 2.24) is 4.90 Å². The molecule has 0 bridgehead atoms. The Morgan fingerprint density at radius 2 is 2.20 bits per heavy atom. The first-order chi connectivity index (χ1) is 7.27. The molecule has 2 N–H and O–H groups in total. The van der Waals surface area contributed by atoms with Crippen molar-refractivity contribution in [3.8, 4) is 0 Å². The Bertz CT molecular complexity index is 361. The molecule has 1 saturated heterocycles. The maximum Gasteiger partial charge on any atom is 0.125 e. The third-order valence-corrected chi connectivity index (χ3v) is 3.77. The van der Waals surface area contributed by atoms with Crippen LogP contribution in [-0.4, -0.2) is 23.8 Å². The van der Waals surface area contributed by atoms with Gasteiger partial charge in [-0.25, -0.2) is 4.99 Å². The van der Waals surface area contributed by atoms with E-state index in [2.05, 4.69) is 16.0 Å². The molecule has 0 radical (unpaired) electrons. The topological polar surface area (TPSA) is 41.6 Å². The zero-order chi connectivity index (χ0) is 10.3. The van der Waals surface area contributed by atoms with Gasteiger partial charge in [0.2, 0.25) is 0 Å². The molecule has 3 heteroatoms. The van der Waals surface area contributed by atoms with E-state index in [9.17, 15) is 0 Å². The van der Waals surface area contributed by atoms with Gasteiger partial charge >= 0.3 is 0 Å². The summed E-state index contributed by atoms with van der Waals surface area (Å²) in [5, 5.41) is 0. The molecule has 1 spiro atoms. The minimum absolute atomic E-state index is 0.635. The second-order valence-corrected chi connectivity index (χ2v) is 4.95. The number of hydrogen-bond acceptors (Lipinski definition) is 3. The molecule has 15 heavy (non-hydrogen) atoms. The molecule has 2 aliphatic heterocycles. The molecule has 2 heterocycles. The van der Waals surface area contributed by atoms with Crippen LogP contribution in [0.5, 0.6) is 0 Å². The summed E-state index contributed by atoms with van der Waals surface area (Å²) in [4.78, 5) is 6.60. The maximum atomic E-state index is 5.77. The number of amidine groups is 1. The number of nitrogens with zero attached hydrogens (tertiary/aromatic N) is 2. The van der Waals surface area contributed by atoms with Crippen molar-refractivity contribution in [3.63, 3.8) is 0 Å². The van der Waals surface area contributed by atoms with Gasteiger partial charge in [-0.15, -0.1) is 0 Å². The van der Waals surface area contributed by atoms with E-state index >= 15 is 0 Å². The van der Waals surface area contributed by atoms with E-state index in [4.69, 9.17) is 5.73 Å². The van der Waals surface area contributed by atoms with Gasteiger partial charge in [0.25, 0.3) is 0 Å². The molecule has 0 aromatic rings. The molecular formula is C12H17N3. The zero-order valence-corrected chi connectivity index (χ0v) is 8.95. The van der Waals surface area contributed by atoms with Crippen LogP contribution in [-0.2, 0) is 0 Å². The van der Waals surface area contributed by atoms with Crippen molar-refractivity contribution in [2.75, 3.05) is 13.1 Å². The van der Waals surface area contributed by atoms with E-state index in [1.54, 1.807) is 0 Å². The number of hydrogen-bond donors (Lipinski definition) is 1. The van der Waals surface area contributed by atoms with Crippen LogP contribution in [0.1, 0.15) is 25.7 Å². The predicted octanol–water partition coefficient (Wildman–Crippen LogP) is 1.63. The van der Waals surface area contributed by atoms with Crippen LogP contribution in [0, 0.1) is 5.41 Å². The van der Waals surface area contributed by atoms with Crippen LogP contribution in [0.4, 0.5) is 0 Å². The third kappa shape index (κ3) is 1.66. The lowest BCUT2D eigenvalue weighted by Gasteiger charge is -2.21. The molecular weight excluding hydrogens is 186 g/mol. The van der Waals surface area contributed by atoms with E-state index in [0.717, 1.165) is 6.42 Å². The molecule has 3 rings (SSSR count). The summed E-state index contributed by atoms with van der Waals surface area (Å²) in [6, 6.07) is 0. The minimum Gasteiger partial charge on any atom is -0.384 e. The lowest BCUT2D eigenvalue weighted by molar-refractivity contribution is 0.391. The summed E-state index contributed by atoms with van der Waals surface area (Å²) in [6.07, 6.45) is 11.1. The molecule has 3 nitrogen and oxygen atoms in total. The Balaban J connectivity index is 1.77. The van der Waals surface area contributed by atoms with Crippen molar-refractivity contribution in [2.45, 2.75) is 25.7 Å². The number of rotatable bonds is 1. The molecule has 0 unspecified atom stereocenters. The number of allylic oxidation sites excluding steroid dienone is 1. The molecule has 3 aliphatic rings. The summed E-state index contributed by atoms with van der Waals surface area (Å²) in [7, 11) is 0. The second-order valence-electron chi connectivity index (χ2n) is 4.95. The van der Waals surface area contributed by atoms with Crippen molar-refractivity contribution < 1.29 is 0 Å². The van der Waals surface area contributed by atoms with E-state index in [0.29, 0.717) is 11.3 Å². The number of nitrogens with two attached hydrogens (primary N) is 1. The van der Waals surface area contributed by atoms with Crippen LogP contribution < -0.4 is 5.73 Å². The van der Waals surface area contributed by atoms with Gasteiger partial charge in [0.15, 0.2) is 0 Å². The molecule has 0 aromatic heterocycles. The van der Waals surface area contributed by atoms with E-state index in [-0.39, 0.29) is 0 Å². The van der Waals surface area contributed by atoms with Crippen molar-refractivity contribution >= 4 is 5.84 Å². The molecule has 0 atom stereocenters. The van der Waals surface area contributed by atoms with Gasteiger partial charge in [-0.1, -0.05) is 6.08 Å². The Labute approximate surface area is 90.4 Å². The van der Waals surface area contributed by atoms with E-state index in [1.807, 2.05) is 12.3 Å². The Hall–Kier alpha value is -1.25. The van der Waals surface area contributed by atoms with Gasteiger partial charge in [0, 0.05) is 31.4 Å². The van der Waals surface area contributed by atoms with Crippen LogP contribution in [0.3, 0.4) is 0 Å². The summed E-state index contributed by atoms with van der Waals surface area (Å²) in [6.45, 7) is 2.44. The zero-order valence-electron chi connectivity index (χ0n) is 8.95. The average molecular weight is 203 g/mol. The summed E-state index contributed by atoms with van der Waals surface area (Å²) in [5.41, 5.74) is 7.80. The first-order valence-electron chi connectivity index (χ1n) is 5.71. The van der Waals surface area contributed by atoms with E-state index in [1.165, 1.54) is 38.0 Å². The third-order valence-electron chi connectivity index (χ3n) is 3.77. The van der Waals surface area contributed by atoms with Gasteiger partial charge in [-0.2, -0.15) is 0 Å². The van der Waals surface area contributed by atoms with Crippen LogP contribution in [0.2, 0.25) is 0 Å². The fourth-order valence-corrected chi connectivity index (χ4v) is 2.56. The fraction of sp³-hybridized carbons (Fsp3) is 0.583. The second kappa shape index (κ2) is 3.12. The lowest BCUT2D eigenvalue weighted by Crippen LogP contribution is -2.22. The maximum absolute atomic E-state index is 5.77. The molecule has 0 aromatic carbocycles. The SMILES string of the molecule is NC1=NC=CCC(N2CCC3(CC3)C2)=C1. The van der Waals surface area contributed by atoms with Crippen LogP contribution >= 0.6 is 0 Å². The average Bonchev–Trinajstić information content (AvgIpc) is 2.87. The van der Waals surface area contributed by atoms with Gasteiger partial charge in [-0.05, 0) is 30.8 Å². The van der Waals surface area contributed by atoms with E-state index < -0.39 is 0 Å². The van der Waals surface area contributed by atoms with Gasteiger partial charge in [0.05, 0.1) is 0 Å². The molecule has 1 saturated carbocycles. The highest BCUT2D eigenvalue weighted by Crippen LogP contribution is 2.53. The Kier molecular flexibility index (Phi) is 1.87. The molecule has 80 valence electrons. The minimum atomic E-state index is 0.635.